The van der Waals surface area contributed by atoms with Gasteiger partial charge >= 0.3 is 12.1 Å². The number of hydrogen-bond acceptors (Lipinski definition) is 6. The lowest BCUT2D eigenvalue weighted by molar-refractivity contribution is -0.137. The van der Waals surface area contributed by atoms with E-state index in [9.17, 15) is 9.59 Å². The van der Waals surface area contributed by atoms with Crippen molar-refractivity contribution in [2.24, 2.45) is 0 Å². The van der Waals surface area contributed by atoms with Gasteiger partial charge in [-0.15, -0.1) is 0 Å². The summed E-state index contributed by atoms with van der Waals surface area (Å²) in [5.74, 6) is 1.28. The van der Waals surface area contributed by atoms with E-state index in [4.69, 9.17) is 30.6 Å². The number of oxazole rings is 1. The molecule has 1 aromatic heterocycles. The van der Waals surface area contributed by atoms with Gasteiger partial charge in [-0.25, -0.2) is 9.78 Å². The van der Waals surface area contributed by atoms with Crippen LogP contribution in [0.3, 0.4) is 0 Å². The highest BCUT2D eigenvalue weighted by Crippen LogP contribution is 2.23. The molecule has 0 atom stereocenters. The molecule has 8 nitrogen and oxygen atoms in total. The van der Waals surface area contributed by atoms with Gasteiger partial charge in [0.1, 0.15) is 17.3 Å². The number of nitrogens with zero attached hydrogens (tertiary/aromatic N) is 2. The minimum atomic E-state index is -1.01. The van der Waals surface area contributed by atoms with Crippen molar-refractivity contribution in [2.75, 3.05) is 13.2 Å². The maximum absolute atomic E-state index is 12.7. The molecule has 0 saturated carbocycles. The van der Waals surface area contributed by atoms with Crippen molar-refractivity contribution in [3.05, 3.63) is 101 Å². The summed E-state index contributed by atoms with van der Waals surface area (Å²) in [5, 5.41) is 9.52. The van der Waals surface area contributed by atoms with Crippen LogP contribution in [0.15, 0.2) is 83.3 Å². The lowest BCUT2D eigenvalue weighted by atomic mass is 10.2. The molecule has 0 aliphatic carbocycles. The molecule has 4 rings (SSSR count). The molecule has 0 unspecified atom stereocenters. The second kappa shape index (κ2) is 12.8. The third-order valence-electron chi connectivity index (χ3n) is 5.67. The number of carboxylic acids is 1. The van der Waals surface area contributed by atoms with Crippen molar-refractivity contribution < 1.29 is 28.6 Å². The summed E-state index contributed by atoms with van der Waals surface area (Å²) >= 11 is 5.96. The normalized spacial score (nSPS) is 10.7. The van der Waals surface area contributed by atoms with Crippen molar-refractivity contribution >= 4 is 23.7 Å². The number of aryl methyl sites for hydroxylation is 1. The summed E-state index contributed by atoms with van der Waals surface area (Å²) in [5.41, 5.74) is 2.56. The molecule has 1 N–H and O–H groups in total. The van der Waals surface area contributed by atoms with Crippen LogP contribution >= 0.6 is 11.6 Å². The fourth-order valence-corrected chi connectivity index (χ4v) is 3.88. The van der Waals surface area contributed by atoms with E-state index < -0.39 is 12.1 Å². The van der Waals surface area contributed by atoms with Gasteiger partial charge in [0.2, 0.25) is 5.89 Å². The van der Waals surface area contributed by atoms with Crippen molar-refractivity contribution in [2.45, 2.75) is 26.3 Å². The molecule has 196 valence electrons. The van der Waals surface area contributed by atoms with Gasteiger partial charge in [-0.3, -0.25) is 4.79 Å². The SMILES string of the molecule is Cc1oc(-c2ccccc2)nc1CCOc1ccc(CN(CCC(=O)O)C(=O)Oc2cccc(Cl)c2)cc1. The summed E-state index contributed by atoms with van der Waals surface area (Å²) in [6, 6.07) is 23.4. The number of amides is 1. The Bertz CT molecular complexity index is 1370. The van der Waals surface area contributed by atoms with Crippen LogP contribution in [0.25, 0.3) is 11.5 Å². The van der Waals surface area contributed by atoms with Crippen LogP contribution in [-0.4, -0.2) is 40.2 Å². The minimum absolute atomic E-state index is 0.00496. The van der Waals surface area contributed by atoms with Crippen LogP contribution in [0.4, 0.5) is 4.79 Å². The highest BCUT2D eigenvalue weighted by molar-refractivity contribution is 6.30. The third-order valence-corrected chi connectivity index (χ3v) is 5.91. The molecule has 0 radical (unpaired) electrons. The van der Waals surface area contributed by atoms with Crippen LogP contribution < -0.4 is 9.47 Å². The molecule has 0 spiro atoms. The van der Waals surface area contributed by atoms with E-state index >= 15 is 0 Å². The molecule has 1 amide bonds. The first-order chi connectivity index (χ1) is 18.4. The fourth-order valence-electron chi connectivity index (χ4n) is 3.70. The first-order valence-corrected chi connectivity index (χ1v) is 12.4. The number of carboxylic acid groups (broad SMARTS) is 1. The molecule has 0 aliphatic rings. The fraction of sp³-hybridized carbons (Fsp3) is 0.207. The van der Waals surface area contributed by atoms with Gasteiger partial charge in [-0.05, 0) is 55.0 Å². The Hall–Kier alpha value is -4.30. The number of aromatic nitrogens is 1. The Balaban J connectivity index is 1.33. The Morgan fingerprint density at radius 3 is 2.47 bits per heavy atom. The van der Waals surface area contributed by atoms with E-state index in [-0.39, 0.29) is 25.3 Å². The first kappa shape index (κ1) is 26.8. The molecule has 4 aromatic rings. The number of benzene rings is 3. The van der Waals surface area contributed by atoms with E-state index in [0.29, 0.717) is 29.7 Å². The monoisotopic (exact) mass is 534 g/mol. The molecule has 38 heavy (non-hydrogen) atoms. The minimum Gasteiger partial charge on any atom is -0.493 e. The van der Waals surface area contributed by atoms with Crippen LogP contribution in [0.1, 0.15) is 23.4 Å². The number of hydrogen-bond donors (Lipinski definition) is 1. The Kier molecular flexibility index (Phi) is 9.00. The average Bonchev–Trinajstić information content (AvgIpc) is 3.28. The van der Waals surface area contributed by atoms with Crippen LogP contribution in [0.5, 0.6) is 11.5 Å². The van der Waals surface area contributed by atoms with Gasteiger partial charge < -0.3 is 23.9 Å². The summed E-state index contributed by atoms with van der Waals surface area (Å²) in [6.07, 6.45) is -0.284. The second-order valence-electron chi connectivity index (χ2n) is 8.52. The van der Waals surface area contributed by atoms with Gasteiger partial charge in [0.25, 0.3) is 0 Å². The lowest BCUT2D eigenvalue weighted by Crippen LogP contribution is -2.34. The molecule has 0 bridgehead atoms. The van der Waals surface area contributed by atoms with E-state index in [1.165, 1.54) is 11.0 Å². The van der Waals surface area contributed by atoms with Gasteiger partial charge in [0.15, 0.2) is 0 Å². The smallest absolute Gasteiger partial charge is 0.415 e. The lowest BCUT2D eigenvalue weighted by Gasteiger charge is -2.21. The summed E-state index contributed by atoms with van der Waals surface area (Å²) in [7, 11) is 0. The summed E-state index contributed by atoms with van der Waals surface area (Å²) in [6.45, 7) is 2.47. The van der Waals surface area contributed by atoms with Crippen molar-refractivity contribution in [1.82, 2.24) is 9.88 Å². The standard InChI is InChI=1S/C29H27ClN2O6/c1-20-26(31-28(37-20)22-6-3-2-4-7-22)15-17-36-24-12-10-21(11-13-24)19-32(16-14-27(33)34)29(35)38-25-9-5-8-23(30)18-25/h2-13,18H,14-17,19H2,1H3,(H,33,34). The molecule has 0 saturated heterocycles. The number of rotatable bonds is 11. The van der Waals surface area contributed by atoms with Gasteiger partial charge in [0.05, 0.1) is 18.7 Å². The Morgan fingerprint density at radius 1 is 1.00 bits per heavy atom. The number of aliphatic carboxylic acids is 1. The predicted octanol–water partition coefficient (Wildman–Crippen LogP) is 6.40. The van der Waals surface area contributed by atoms with Crippen LogP contribution in [0, 0.1) is 6.92 Å². The summed E-state index contributed by atoms with van der Waals surface area (Å²) in [4.78, 5) is 29.8. The third kappa shape index (κ3) is 7.60. The number of halogens is 1. The molecule has 0 aliphatic heterocycles. The zero-order valence-corrected chi connectivity index (χ0v) is 21.6. The second-order valence-corrected chi connectivity index (χ2v) is 8.96. The van der Waals surface area contributed by atoms with Crippen molar-refractivity contribution in [3.8, 4) is 23.0 Å². The molecule has 1 heterocycles. The molecule has 0 fully saturated rings. The van der Waals surface area contributed by atoms with E-state index in [2.05, 4.69) is 4.98 Å². The van der Waals surface area contributed by atoms with E-state index in [1.54, 1.807) is 30.3 Å². The zero-order valence-electron chi connectivity index (χ0n) is 20.8. The van der Waals surface area contributed by atoms with E-state index in [0.717, 1.165) is 22.6 Å². The molecule has 3 aromatic carbocycles. The highest BCUT2D eigenvalue weighted by Gasteiger charge is 2.18. The number of ether oxygens (including phenoxy) is 2. The van der Waals surface area contributed by atoms with Crippen molar-refractivity contribution in [1.29, 1.82) is 0 Å². The van der Waals surface area contributed by atoms with E-state index in [1.807, 2.05) is 49.4 Å². The van der Waals surface area contributed by atoms with Gasteiger partial charge in [0, 0.05) is 30.1 Å². The Morgan fingerprint density at radius 2 is 1.76 bits per heavy atom. The maximum Gasteiger partial charge on any atom is 0.415 e. The molecular formula is C29H27ClN2O6. The maximum atomic E-state index is 12.7. The van der Waals surface area contributed by atoms with Crippen LogP contribution in [-0.2, 0) is 17.8 Å². The van der Waals surface area contributed by atoms with Gasteiger partial charge in [-0.1, -0.05) is 48.0 Å². The predicted molar refractivity (Wildman–Crippen MR) is 142 cm³/mol. The molecule has 9 heteroatoms. The average molecular weight is 535 g/mol. The van der Waals surface area contributed by atoms with Crippen LogP contribution in [0.2, 0.25) is 5.02 Å². The van der Waals surface area contributed by atoms with Crippen molar-refractivity contribution in [3.63, 3.8) is 0 Å². The number of carbonyl (C=O) groups is 2. The Labute approximate surface area is 225 Å². The largest absolute Gasteiger partial charge is 0.493 e. The zero-order chi connectivity index (χ0) is 26.9. The number of carbonyl (C=O) groups excluding carboxylic acids is 1. The molecular weight excluding hydrogens is 508 g/mol. The van der Waals surface area contributed by atoms with Gasteiger partial charge in [-0.2, -0.15) is 0 Å². The topological polar surface area (TPSA) is 102 Å². The first-order valence-electron chi connectivity index (χ1n) is 12.0. The highest BCUT2D eigenvalue weighted by atomic mass is 35.5. The summed E-state index contributed by atoms with van der Waals surface area (Å²) < 4.78 is 17.1. The quantitative estimate of drug-likeness (QED) is 0.237.